The molecule has 8 nitrogen and oxygen atoms in total. The predicted molar refractivity (Wildman–Crippen MR) is 133 cm³/mol. The summed E-state index contributed by atoms with van der Waals surface area (Å²) in [5.74, 6) is -0.122. The number of hydrogen-bond acceptors (Lipinski definition) is 6. The van der Waals surface area contributed by atoms with Gasteiger partial charge in [0.2, 0.25) is 0 Å². The van der Waals surface area contributed by atoms with Gasteiger partial charge in [-0.2, -0.15) is 0 Å². The van der Waals surface area contributed by atoms with Crippen LogP contribution in [-0.2, 0) is 4.74 Å². The molecule has 0 aliphatic rings. The van der Waals surface area contributed by atoms with Crippen LogP contribution in [-0.4, -0.2) is 27.1 Å². The van der Waals surface area contributed by atoms with E-state index in [9.17, 15) is 19.7 Å². The molecule has 0 bridgehead atoms. The van der Waals surface area contributed by atoms with Crippen molar-refractivity contribution in [1.29, 1.82) is 0 Å². The molecule has 9 heteroatoms. The van der Waals surface area contributed by atoms with E-state index in [4.69, 9.17) is 4.74 Å². The van der Waals surface area contributed by atoms with Gasteiger partial charge < -0.3 is 4.74 Å². The molecule has 34 heavy (non-hydrogen) atoms. The van der Waals surface area contributed by atoms with Crippen LogP contribution in [0.25, 0.3) is 28.7 Å². The molecule has 0 amide bonds. The van der Waals surface area contributed by atoms with Gasteiger partial charge >= 0.3 is 5.97 Å². The normalized spacial score (nSPS) is 11.1. The summed E-state index contributed by atoms with van der Waals surface area (Å²) in [5, 5.41) is 11.5. The lowest BCUT2D eigenvalue weighted by Crippen LogP contribution is -2.22. The number of nitrogens with zero attached hydrogens (tertiary/aromatic N) is 3. The van der Waals surface area contributed by atoms with E-state index in [-0.39, 0.29) is 17.9 Å². The maximum atomic E-state index is 13.5. The summed E-state index contributed by atoms with van der Waals surface area (Å²) in [6.07, 6.45) is 3.28. The number of esters is 1. The van der Waals surface area contributed by atoms with Crippen LogP contribution in [0.2, 0.25) is 0 Å². The van der Waals surface area contributed by atoms with Crippen molar-refractivity contribution in [1.82, 2.24) is 9.55 Å². The standard InChI is InChI=1S/C25H18BrN3O5/c1-2-34-25(31)17-7-10-19(11-8-17)28-23(13-6-16-4-3-5-20(14-16)29(32)33)27-22-12-9-18(26)15-21(22)24(28)30/h3-15H,2H2,1H3/b13-6+. The van der Waals surface area contributed by atoms with E-state index in [0.29, 0.717) is 33.5 Å². The first-order chi connectivity index (χ1) is 16.4. The molecule has 0 saturated carbocycles. The molecular weight excluding hydrogens is 502 g/mol. The van der Waals surface area contributed by atoms with E-state index < -0.39 is 10.9 Å². The number of halogens is 1. The van der Waals surface area contributed by atoms with Gasteiger partial charge in [0, 0.05) is 16.6 Å². The monoisotopic (exact) mass is 519 g/mol. The minimum absolute atomic E-state index is 0.0367. The van der Waals surface area contributed by atoms with Crippen LogP contribution in [0.1, 0.15) is 28.7 Å². The largest absolute Gasteiger partial charge is 0.462 e. The highest BCUT2D eigenvalue weighted by atomic mass is 79.9. The first kappa shape index (κ1) is 23.1. The van der Waals surface area contributed by atoms with Gasteiger partial charge in [0.25, 0.3) is 11.2 Å². The molecule has 4 aromatic rings. The van der Waals surface area contributed by atoms with Crippen LogP contribution in [0.5, 0.6) is 0 Å². The molecule has 0 spiro atoms. The number of nitro groups is 1. The van der Waals surface area contributed by atoms with E-state index in [0.717, 1.165) is 4.47 Å². The van der Waals surface area contributed by atoms with Gasteiger partial charge in [-0.3, -0.25) is 19.5 Å². The third kappa shape index (κ3) is 4.79. The van der Waals surface area contributed by atoms with E-state index in [1.165, 1.54) is 16.7 Å². The second-order valence-corrected chi connectivity index (χ2v) is 8.14. The molecular formula is C25H18BrN3O5. The first-order valence-electron chi connectivity index (χ1n) is 10.3. The third-order valence-corrected chi connectivity index (χ3v) is 5.49. The fourth-order valence-corrected chi connectivity index (χ4v) is 3.77. The van der Waals surface area contributed by atoms with Gasteiger partial charge in [-0.25, -0.2) is 9.78 Å². The van der Waals surface area contributed by atoms with Crippen molar-refractivity contribution in [2.45, 2.75) is 6.92 Å². The Bertz CT molecular complexity index is 1490. The fourth-order valence-electron chi connectivity index (χ4n) is 3.41. The zero-order chi connectivity index (χ0) is 24.2. The Kier molecular flexibility index (Phi) is 6.65. The Labute approximate surface area is 202 Å². The van der Waals surface area contributed by atoms with Gasteiger partial charge in [-0.15, -0.1) is 0 Å². The summed E-state index contributed by atoms with van der Waals surface area (Å²) in [6.45, 7) is 1.99. The van der Waals surface area contributed by atoms with Crippen molar-refractivity contribution in [2.75, 3.05) is 6.61 Å². The number of hydrogen-bond donors (Lipinski definition) is 0. The van der Waals surface area contributed by atoms with Crippen LogP contribution >= 0.6 is 15.9 Å². The molecule has 1 heterocycles. The highest BCUT2D eigenvalue weighted by Gasteiger charge is 2.13. The number of fused-ring (bicyclic) bond motifs is 1. The summed E-state index contributed by atoms with van der Waals surface area (Å²) in [5.41, 5.74) is 1.63. The average molecular weight is 520 g/mol. The average Bonchev–Trinajstić information content (AvgIpc) is 2.84. The lowest BCUT2D eigenvalue weighted by Gasteiger charge is -2.12. The fraction of sp³-hybridized carbons (Fsp3) is 0.0800. The quantitative estimate of drug-likeness (QED) is 0.192. The zero-order valence-corrected chi connectivity index (χ0v) is 19.6. The Balaban J connectivity index is 1.86. The maximum absolute atomic E-state index is 13.5. The molecule has 170 valence electrons. The van der Waals surface area contributed by atoms with E-state index >= 15 is 0 Å². The Morgan fingerprint density at radius 1 is 1.12 bits per heavy atom. The number of rotatable bonds is 6. The summed E-state index contributed by atoms with van der Waals surface area (Å²) in [4.78, 5) is 40.7. The van der Waals surface area contributed by atoms with Crippen molar-refractivity contribution < 1.29 is 14.5 Å². The lowest BCUT2D eigenvalue weighted by molar-refractivity contribution is -0.384. The zero-order valence-electron chi connectivity index (χ0n) is 18.0. The summed E-state index contributed by atoms with van der Waals surface area (Å²) in [7, 11) is 0. The highest BCUT2D eigenvalue weighted by molar-refractivity contribution is 9.10. The van der Waals surface area contributed by atoms with Gasteiger partial charge in [0.15, 0.2) is 0 Å². The van der Waals surface area contributed by atoms with Crippen molar-refractivity contribution in [3.05, 3.63) is 109 Å². The van der Waals surface area contributed by atoms with E-state index in [1.54, 1.807) is 73.7 Å². The molecule has 0 saturated heterocycles. The minimum Gasteiger partial charge on any atom is -0.462 e. The summed E-state index contributed by atoms with van der Waals surface area (Å²) in [6, 6.07) is 17.8. The molecule has 3 aromatic carbocycles. The number of ether oxygens (including phenoxy) is 1. The summed E-state index contributed by atoms with van der Waals surface area (Å²) < 4.78 is 7.19. The number of benzene rings is 3. The topological polar surface area (TPSA) is 104 Å². The maximum Gasteiger partial charge on any atom is 0.338 e. The number of aromatic nitrogens is 2. The molecule has 0 aliphatic carbocycles. The second kappa shape index (κ2) is 9.80. The van der Waals surface area contributed by atoms with Crippen molar-refractivity contribution in [3.63, 3.8) is 0 Å². The van der Waals surface area contributed by atoms with Crippen molar-refractivity contribution in [2.24, 2.45) is 0 Å². The lowest BCUT2D eigenvalue weighted by atomic mass is 10.1. The van der Waals surface area contributed by atoms with Crippen LogP contribution in [0, 0.1) is 10.1 Å². The van der Waals surface area contributed by atoms with Gasteiger partial charge in [0.1, 0.15) is 5.82 Å². The highest BCUT2D eigenvalue weighted by Crippen LogP contribution is 2.20. The van der Waals surface area contributed by atoms with Gasteiger partial charge in [-0.05, 0) is 61.0 Å². The molecule has 0 fully saturated rings. The molecule has 1 aromatic heterocycles. The molecule has 0 atom stereocenters. The minimum atomic E-state index is -0.468. The smallest absolute Gasteiger partial charge is 0.338 e. The predicted octanol–water partition coefficient (Wildman–Crippen LogP) is 5.40. The summed E-state index contributed by atoms with van der Waals surface area (Å²) >= 11 is 3.39. The van der Waals surface area contributed by atoms with Crippen molar-refractivity contribution >= 4 is 50.6 Å². The number of carbonyl (C=O) groups is 1. The second-order valence-electron chi connectivity index (χ2n) is 7.22. The first-order valence-corrected chi connectivity index (χ1v) is 11.1. The van der Waals surface area contributed by atoms with E-state index in [2.05, 4.69) is 20.9 Å². The Hall–Kier alpha value is -4.11. The van der Waals surface area contributed by atoms with Crippen molar-refractivity contribution in [3.8, 4) is 5.69 Å². The van der Waals surface area contributed by atoms with Crippen LogP contribution in [0.4, 0.5) is 5.69 Å². The van der Waals surface area contributed by atoms with Gasteiger partial charge in [-0.1, -0.05) is 34.1 Å². The van der Waals surface area contributed by atoms with E-state index in [1.807, 2.05) is 0 Å². The Morgan fingerprint density at radius 3 is 2.59 bits per heavy atom. The van der Waals surface area contributed by atoms with Crippen LogP contribution in [0.3, 0.4) is 0 Å². The SMILES string of the molecule is CCOC(=O)c1ccc(-n2c(/C=C/c3cccc([N+](=O)[O-])c3)nc3ccc(Br)cc3c2=O)cc1. The number of nitro benzene ring substituents is 1. The Morgan fingerprint density at radius 2 is 1.88 bits per heavy atom. The third-order valence-electron chi connectivity index (χ3n) is 5.00. The van der Waals surface area contributed by atoms with Gasteiger partial charge in [0.05, 0.1) is 33.7 Å². The molecule has 0 radical (unpaired) electrons. The number of non-ortho nitro benzene ring substituents is 1. The molecule has 0 N–H and O–H groups in total. The van der Waals surface area contributed by atoms with Crippen LogP contribution in [0.15, 0.2) is 76.0 Å². The van der Waals surface area contributed by atoms with Crippen LogP contribution < -0.4 is 5.56 Å². The number of carbonyl (C=O) groups excluding carboxylic acids is 1. The molecule has 0 aliphatic heterocycles. The molecule has 4 rings (SSSR count). The molecule has 0 unspecified atom stereocenters.